The molecule has 1 aliphatic heterocycles. The lowest BCUT2D eigenvalue weighted by Crippen LogP contribution is -2.16. The van der Waals surface area contributed by atoms with Crippen LogP contribution in [0.15, 0.2) is 267 Å². The second-order valence-corrected chi connectivity index (χ2v) is 18.5. The van der Waals surface area contributed by atoms with Gasteiger partial charge in [0.1, 0.15) is 0 Å². The molecule has 8 nitrogen and oxygen atoms in total. The van der Waals surface area contributed by atoms with Crippen molar-refractivity contribution in [3.63, 3.8) is 0 Å². The summed E-state index contributed by atoms with van der Waals surface area (Å²) in [5.41, 5.74) is 18.1. The maximum atomic E-state index is 5.30. The summed E-state index contributed by atoms with van der Waals surface area (Å²) < 4.78 is 4.69. The Kier molecular flexibility index (Phi) is 10.4. The first-order valence-corrected chi connectivity index (χ1v) is 24.9. The van der Waals surface area contributed by atoms with Crippen LogP contribution in [0.1, 0.15) is 0 Å². The number of allylic oxidation sites excluding steroid dienone is 1. The third kappa shape index (κ3) is 7.35. The molecule has 0 spiro atoms. The second kappa shape index (κ2) is 18.0. The van der Waals surface area contributed by atoms with E-state index in [1.807, 2.05) is 48.9 Å². The third-order valence-corrected chi connectivity index (χ3v) is 14.1. The van der Waals surface area contributed by atoms with Crippen molar-refractivity contribution in [2.75, 3.05) is 16.3 Å². The first-order valence-electron chi connectivity index (χ1n) is 24.9. The summed E-state index contributed by atoms with van der Waals surface area (Å²) in [4.78, 5) is 19.6. The summed E-state index contributed by atoms with van der Waals surface area (Å²) in [7, 11) is 0. The van der Waals surface area contributed by atoms with Gasteiger partial charge >= 0.3 is 0 Å². The predicted octanol–water partition coefficient (Wildman–Crippen LogP) is 16.9. The van der Waals surface area contributed by atoms with Crippen LogP contribution < -0.4 is 9.80 Å². The van der Waals surface area contributed by atoms with E-state index in [9.17, 15) is 0 Å². The number of hydrogen-bond acceptors (Lipinski definition) is 5. The molecule has 5 heterocycles. The van der Waals surface area contributed by atoms with Crippen LogP contribution in [0.5, 0.6) is 0 Å². The molecule has 0 saturated heterocycles. The minimum atomic E-state index is 0.659. The number of benzene rings is 9. The van der Waals surface area contributed by atoms with E-state index in [1.54, 1.807) is 0 Å². The van der Waals surface area contributed by atoms with Crippen molar-refractivity contribution < 1.29 is 0 Å². The third-order valence-electron chi connectivity index (χ3n) is 14.1. The number of rotatable bonds is 10. The fraction of sp³-hybridized carbons (Fsp3) is 0.0152. The Hall–Kier alpha value is -10.1. The highest BCUT2D eigenvalue weighted by molar-refractivity contribution is 6.10. The summed E-state index contributed by atoms with van der Waals surface area (Å²) in [5, 5.41) is 9.62. The number of anilines is 5. The van der Waals surface area contributed by atoms with Crippen LogP contribution in [0.2, 0.25) is 0 Å². The molecule has 0 unspecified atom stereocenters. The van der Waals surface area contributed by atoms with E-state index in [0.29, 0.717) is 6.54 Å². The number of nitrogens with zero attached hydrogens (tertiary/aromatic N) is 8. The van der Waals surface area contributed by atoms with Gasteiger partial charge in [0.05, 0.1) is 56.4 Å². The first-order chi connectivity index (χ1) is 36.7. The molecule has 9 aromatic carbocycles. The number of hydrogen-bond donors (Lipinski definition) is 0. The molecular formula is C66H45N8-. The van der Waals surface area contributed by atoms with Crippen molar-refractivity contribution in [2.24, 2.45) is 0 Å². The highest BCUT2D eigenvalue weighted by Crippen LogP contribution is 2.41. The van der Waals surface area contributed by atoms with Gasteiger partial charge in [-0.25, -0.2) is 9.97 Å². The lowest BCUT2D eigenvalue weighted by Gasteiger charge is -2.31. The van der Waals surface area contributed by atoms with E-state index in [-0.39, 0.29) is 0 Å². The zero-order valence-corrected chi connectivity index (χ0v) is 40.1. The second-order valence-electron chi connectivity index (χ2n) is 18.5. The normalized spacial score (nSPS) is 12.4. The van der Waals surface area contributed by atoms with Crippen LogP contribution >= 0.6 is 0 Å². The van der Waals surface area contributed by atoms with Gasteiger partial charge in [-0.1, -0.05) is 109 Å². The van der Waals surface area contributed by atoms with E-state index < -0.39 is 0 Å². The number of para-hydroxylation sites is 6. The maximum Gasteiger partial charge on any atom is 0.0973 e. The summed E-state index contributed by atoms with van der Waals surface area (Å²) in [6.45, 7) is 0.659. The highest BCUT2D eigenvalue weighted by atomic mass is 15.2. The summed E-state index contributed by atoms with van der Waals surface area (Å²) in [6, 6.07) is 81.5. The Morgan fingerprint density at radius 2 is 0.784 bits per heavy atom. The van der Waals surface area contributed by atoms with Gasteiger partial charge in [-0.05, 0) is 127 Å². The molecule has 13 aromatic rings. The standard InChI is InChI=1S/C66H45N8/c1-7-21-61-55(15-1)56-16-2-8-22-62(56)73(61)51-37-33-49(34-38-51)71(53-13-11-41-67-43-53)47-29-25-45(26-30-47)65-66(70-60-20-6-5-19-59(60)69-65)46-27-31-48(32-28-46)72(54-14-12-42-68-44-54)50-35-39-52(40-36-50)74-63-23-9-3-17-57(63)58-18-4-10-24-64(58)74/h1-41,43-44H,42H2/q-1. The van der Waals surface area contributed by atoms with Gasteiger partial charge in [0.2, 0.25) is 0 Å². The number of fused-ring (bicyclic) bond motifs is 7. The zero-order chi connectivity index (χ0) is 49.0. The molecule has 0 saturated carbocycles. The van der Waals surface area contributed by atoms with Crippen LogP contribution in [0.25, 0.3) is 93.9 Å². The van der Waals surface area contributed by atoms with Crippen molar-refractivity contribution in [3.8, 4) is 33.9 Å². The van der Waals surface area contributed by atoms with Crippen LogP contribution in [0, 0.1) is 0 Å². The lowest BCUT2D eigenvalue weighted by molar-refractivity contribution is 1.15. The Balaban J connectivity index is 0.810. The first kappa shape index (κ1) is 42.8. The molecule has 4 aromatic heterocycles. The molecule has 0 radical (unpaired) electrons. The number of pyridine rings is 1. The van der Waals surface area contributed by atoms with Crippen LogP contribution in [-0.4, -0.2) is 30.6 Å². The van der Waals surface area contributed by atoms with Gasteiger partial charge in [0.15, 0.2) is 0 Å². The maximum absolute atomic E-state index is 5.30. The topological polar surface area (TPSA) is 69.1 Å². The minimum absolute atomic E-state index is 0.659. The molecular weight excluding hydrogens is 905 g/mol. The van der Waals surface area contributed by atoms with Gasteiger partial charge in [0.25, 0.3) is 0 Å². The van der Waals surface area contributed by atoms with Crippen molar-refractivity contribution >= 4 is 83.1 Å². The summed E-state index contributed by atoms with van der Waals surface area (Å²) >= 11 is 0. The molecule has 74 heavy (non-hydrogen) atoms. The fourth-order valence-electron chi connectivity index (χ4n) is 10.8. The van der Waals surface area contributed by atoms with E-state index in [4.69, 9.17) is 9.97 Å². The van der Waals surface area contributed by atoms with Crippen molar-refractivity contribution in [1.82, 2.24) is 24.1 Å². The van der Waals surface area contributed by atoms with E-state index in [2.05, 4.69) is 242 Å². The van der Waals surface area contributed by atoms with Crippen molar-refractivity contribution in [1.29, 1.82) is 0 Å². The Morgan fingerprint density at radius 1 is 0.378 bits per heavy atom. The largest absolute Gasteiger partial charge is 0.686 e. The SMILES string of the molecule is C1=CC(N(c2ccc(-c3nc4ccccc4nc3-c3ccc(N(c4ccc(-n5c6ccccc6c6ccccc65)cc4)c4cccnc4)cc3)cc2)c2ccc(-n3c4ccccc4c4ccccc43)cc2)=C[N-]C1. The highest BCUT2D eigenvalue weighted by Gasteiger charge is 2.20. The molecule has 0 fully saturated rings. The molecule has 8 heteroatoms. The van der Waals surface area contributed by atoms with E-state index >= 15 is 0 Å². The van der Waals surface area contributed by atoms with Crippen LogP contribution in [-0.2, 0) is 0 Å². The summed E-state index contributed by atoms with van der Waals surface area (Å²) in [6.07, 6.45) is 9.93. The van der Waals surface area contributed by atoms with Crippen LogP contribution in [0.4, 0.5) is 28.4 Å². The Labute approximate surface area is 427 Å². The number of aromatic nitrogens is 5. The summed E-state index contributed by atoms with van der Waals surface area (Å²) in [5.74, 6) is 0. The van der Waals surface area contributed by atoms with Gasteiger partial charge in [-0.15, -0.1) is 12.6 Å². The smallest absolute Gasteiger partial charge is 0.0973 e. The van der Waals surface area contributed by atoms with E-state index in [0.717, 1.165) is 79.1 Å². The van der Waals surface area contributed by atoms with Gasteiger partial charge in [-0.2, -0.15) is 6.20 Å². The molecule has 350 valence electrons. The molecule has 0 aliphatic carbocycles. The Bertz CT molecular complexity index is 4180. The fourth-order valence-corrected chi connectivity index (χ4v) is 10.8. The minimum Gasteiger partial charge on any atom is -0.686 e. The van der Waals surface area contributed by atoms with Gasteiger partial charge < -0.3 is 24.3 Å². The predicted molar refractivity (Wildman–Crippen MR) is 306 cm³/mol. The average molecular weight is 950 g/mol. The molecule has 0 bridgehead atoms. The van der Waals surface area contributed by atoms with Crippen molar-refractivity contribution in [3.05, 3.63) is 272 Å². The lowest BCUT2D eigenvalue weighted by atomic mass is 10.0. The average Bonchev–Trinajstić information content (AvgIpc) is 4.01. The monoisotopic (exact) mass is 949 g/mol. The van der Waals surface area contributed by atoms with Crippen molar-refractivity contribution in [2.45, 2.75) is 0 Å². The molecule has 0 amide bonds. The van der Waals surface area contributed by atoms with Crippen LogP contribution in [0.3, 0.4) is 0 Å². The molecule has 0 N–H and O–H groups in total. The Morgan fingerprint density at radius 3 is 1.19 bits per heavy atom. The molecule has 14 rings (SSSR count). The molecule has 0 atom stereocenters. The zero-order valence-electron chi connectivity index (χ0n) is 40.1. The van der Waals surface area contributed by atoms with Gasteiger partial charge in [0, 0.05) is 78.7 Å². The van der Waals surface area contributed by atoms with Gasteiger partial charge in [-0.3, -0.25) is 4.98 Å². The quantitative estimate of drug-likeness (QED) is 0.137. The molecule has 1 aliphatic rings. The van der Waals surface area contributed by atoms with E-state index in [1.165, 1.54) is 43.6 Å².